The third kappa shape index (κ3) is 2.33. The molecular formula is C14H23N3. The minimum absolute atomic E-state index is 0.267. The van der Waals surface area contributed by atoms with Gasteiger partial charge in [0.2, 0.25) is 5.95 Å². The maximum atomic E-state index is 4.66. The first-order valence-electron chi connectivity index (χ1n) is 7.00. The Labute approximate surface area is 104 Å². The second-order valence-corrected chi connectivity index (χ2v) is 6.09. The molecule has 2 saturated carbocycles. The Hall–Kier alpha value is -0.990. The Morgan fingerprint density at radius 1 is 1.29 bits per heavy atom. The number of aromatic nitrogens is 2. The van der Waals surface area contributed by atoms with E-state index in [1.54, 1.807) is 0 Å². The summed E-state index contributed by atoms with van der Waals surface area (Å²) in [5, 5.41) is 3.72. The van der Waals surface area contributed by atoms with Crippen LogP contribution in [0.5, 0.6) is 0 Å². The van der Waals surface area contributed by atoms with E-state index in [9.17, 15) is 0 Å². The van der Waals surface area contributed by atoms with Crippen molar-refractivity contribution in [2.75, 3.05) is 5.32 Å². The number of imidazole rings is 1. The van der Waals surface area contributed by atoms with Crippen molar-refractivity contribution in [3.63, 3.8) is 0 Å². The average molecular weight is 233 g/mol. The fraction of sp³-hybridized carbons (Fsp3) is 0.786. The normalized spacial score (nSPS) is 23.6. The largest absolute Gasteiger partial charge is 0.350 e. The second-order valence-electron chi connectivity index (χ2n) is 6.09. The van der Waals surface area contributed by atoms with Crippen LogP contribution >= 0.6 is 0 Å². The summed E-state index contributed by atoms with van der Waals surface area (Å²) < 4.78 is 2.36. The van der Waals surface area contributed by atoms with Gasteiger partial charge < -0.3 is 9.88 Å². The van der Waals surface area contributed by atoms with Gasteiger partial charge in [0.15, 0.2) is 0 Å². The van der Waals surface area contributed by atoms with Crippen LogP contribution in [0, 0.1) is 6.92 Å². The lowest BCUT2D eigenvalue weighted by Gasteiger charge is -2.35. The van der Waals surface area contributed by atoms with Gasteiger partial charge in [0, 0.05) is 17.8 Å². The van der Waals surface area contributed by atoms with Gasteiger partial charge in [-0.15, -0.1) is 0 Å². The number of nitrogens with zero attached hydrogens (tertiary/aromatic N) is 2. The van der Waals surface area contributed by atoms with Gasteiger partial charge in [-0.2, -0.15) is 0 Å². The Morgan fingerprint density at radius 3 is 2.65 bits per heavy atom. The van der Waals surface area contributed by atoms with Gasteiger partial charge in [-0.25, -0.2) is 4.98 Å². The highest BCUT2D eigenvalue weighted by atomic mass is 15.3. The molecule has 0 aromatic carbocycles. The number of anilines is 1. The van der Waals surface area contributed by atoms with Gasteiger partial charge in [0.05, 0.1) is 5.69 Å². The summed E-state index contributed by atoms with van der Waals surface area (Å²) in [4.78, 5) is 4.66. The standard InChI is InChI=1S/C14H23N3/c1-11-10-17(12-6-7-12)13(15-11)16-14(2)8-4-3-5-9-14/h10,12H,3-9H2,1-2H3,(H,15,16). The molecule has 0 amide bonds. The van der Waals surface area contributed by atoms with Crippen LogP contribution in [0.15, 0.2) is 6.20 Å². The zero-order valence-corrected chi connectivity index (χ0v) is 11.0. The van der Waals surface area contributed by atoms with Crippen molar-refractivity contribution in [1.29, 1.82) is 0 Å². The molecule has 1 N–H and O–H groups in total. The van der Waals surface area contributed by atoms with Crippen LogP contribution in [0.2, 0.25) is 0 Å². The van der Waals surface area contributed by atoms with E-state index in [0.29, 0.717) is 6.04 Å². The average Bonchev–Trinajstić information content (AvgIpc) is 3.05. The van der Waals surface area contributed by atoms with Crippen molar-refractivity contribution < 1.29 is 0 Å². The molecule has 1 aromatic rings. The number of hydrogen-bond donors (Lipinski definition) is 1. The minimum Gasteiger partial charge on any atom is -0.350 e. The Balaban J connectivity index is 1.79. The van der Waals surface area contributed by atoms with Crippen LogP contribution in [-0.2, 0) is 0 Å². The molecular weight excluding hydrogens is 210 g/mol. The molecule has 17 heavy (non-hydrogen) atoms. The van der Waals surface area contributed by atoms with E-state index in [1.807, 2.05) is 0 Å². The van der Waals surface area contributed by atoms with E-state index < -0.39 is 0 Å². The summed E-state index contributed by atoms with van der Waals surface area (Å²) in [7, 11) is 0. The van der Waals surface area contributed by atoms with Gasteiger partial charge in [-0.3, -0.25) is 0 Å². The highest BCUT2D eigenvalue weighted by molar-refractivity contribution is 5.34. The highest BCUT2D eigenvalue weighted by Gasteiger charge is 2.31. The van der Waals surface area contributed by atoms with E-state index in [0.717, 1.165) is 11.6 Å². The molecule has 0 saturated heterocycles. The summed E-state index contributed by atoms with van der Waals surface area (Å²) in [6, 6.07) is 0.714. The predicted octanol–water partition coefficient (Wildman–Crippen LogP) is 3.66. The molecule has 3 rings (SSSR count). The van der Waals surface area contributed by atoms with E-state index in [1.165, 1.54) is 44.9 Å². The van der Waals surface area contributed by atoms with Crippen LogP contribution in [0.25, 0.3) is 0 Å². The molecule has 0 bridgehead atoms. The van der Waals surface area contributed by atoms with Crippen molar-refractivity contribution >= 4 is 5.95 Å². The van der Waals surface area contributed by atoms with Crippen molar-refractivity contribution in [1.82, 2.24) is 9.55 Å². The maximum absolute atomic E-state index is 4.66. The molecule has 2 aliphatic carbocycles. The molecule has 0 atom stereocenters. The first-order valence-corrected chi connectivity index (χ1v) is 7.00. The molecule has 0 radical (unpaired) electrons. The quantitative estimate of drug-likeness (QED) is 0.863. The summed E-state index contributed by atoms with van der Waals surface area (Å²) >= 11 is 0. The topological polar surface area (TPSA) is 29.9 Å². The van der Waals surface area contributed by atoms with Gasteiger partial charge in [-0.05, 0) is 39.5 Å². The molecule has 1 heterocycles. The van der Waals surface area contributed by atoms with Crippen molar-refractivity contribution in [3.05, 3.63) is 11.9 Å². The molecule has 94 valence electrons. The molecule has 2 aliphatic rings. The molecule has 3 nitrogen and oxygen atoms in total. The van der Waals surface area contributed by atoms with E-state index >= 15 is 0 Å². The smallest absolute Gasteiger partial charge is 0.203 e. The first-order chi connectivity index (χ1) is 8.16. The molecule has 1 aromatic heterocycles. The lowest BCUT2D eigenvalue weighted by molar-refractivity contribution is 0.346. The fourth-order valence-electron chi connectivity index (χ4n) is 2.97. The second kappa shape index (κ2) is 4.04. The molecule has 2 fully saturated rings. The Bertz CT molecular complexity index is 398. The third-order valence-corrected chi connectivity index (χ3v) is 4.16. The van der Waals surface area contributed by atoms with Gasteiger partial charge in [0.1, 0.15) is 0 Å². The number of hydrogen-bond acceptors (Lipinski definition) is 2. The van der Waals surface area contributed by atoms with Crippen molar-refractivity contribution in [2.24, 2.45) is 0 Å². The lowest BCUT2D eigenvalue weighted by Crippen LogP contribution is -2.37. The van der Waals surface area contributed by atoms with Crippen molar-refractivity contribution in [2.45, 2.75) is 70.4 Å². The summed E-state index contributed by atoms with van der Waals surface area (Å²) in [5.41, 5.74) is 1.40. The zero-order valence-electron chi connectivity index (χ0n) is 11.0. The zero-order chi connectivity index (χ0) is 11.9. The highest BCUT2D eigenvalue weighted by Crippen LogP contribution is 2.39. The first kappa shape index (κ1) is 11.1. The van der Waals surface area contributed by atoms with Gasteiger partial charge in [-0.1, -0.05) is 19.3 Å². The van der Waals surface area contributed by atoms with Crippen LogP contribution < -0.4 is 5.32 Å². The van der Waals surface area contributed by atoms with E-state index in [4.69, 9.17) is 0 Å². The number of nitrogens with one attached hydrogen (secondary N) is 1. The molecule has 0 unspecified atom stereocenters. The fourth-order valence-corrected chi connectivity index (χ4v) is 2.97. The SMILES string of the molecule is Cc1cn(C2CC2)c(NC2(C)CCCCC2)n1. The van der Waals surface area contributed by atoms with E-state index in [-0.39, 0.29) is 5.54 Å². The van der Waals surface area contributed by atoms with Crippen LogP contribution in [0.4, 0.5) is 5.95 Å². The van der Waals surface area contributed by atoms with Crippen molar-refractivity contribution in [3.8, 4) is 0 Å². The third-order valence-electron chi connectivity index (χ3n) is 4.16. The molecule has 0 spiro atoms. The predicted molar refractivity (Wildman–Crippen MR) is 70.3 cm³/mol. The number of aryl methyl sites for hydroxylation is 1. The van der Waals surface area contributed by atoms with Gasteiger partial charge in [0.25, 0.3) is 0 Å². The minimum atomic E-state index is 0.267. The van der Waals surface area contributed by atoms with Crippen LogP contribution in [-0.4, -0.2) is 15.1 Å². The number of rotatable bonds is 3. The summed E-state index contributed by atoms with van der Waals surface area (Å²) in [6.07, 6.45) is 11.5. The van der Waals surface area contributed by atoms with E-state index in [2.05, 4.69) is 34.9 Å². The van der Waals surface area contributed by atoms with Gasteiger partial charge >= 0.3 is 0 Å². The molecule has 3 heteroatoms. The lowest BCUT2D eigenvalue weighted by atomic mass is 9.83. The Morgan fingerprint density at radius 2 is 2.00 bits per heavy atom. The Kier molecular flexibility index (Phi) is 2.64. The monoisotopic (exact) mass is 233 g/mol. The van der Waals surface area contributed by atoms with Crippen LogP contribution in [0.1, 0.15) is 63.6 Å². The van der Waals surface area contributed by atoms with Crippen LogP contribution in [0.3, 0.4) is 0 Å². The maximum Gasteiger partial charge on any atom is 0.203 e. The molecule has 0 aliphatic heterocycles. The summed E-state index contributed by atoms with van der Waals surface area (Å²) in [6.45, 7) is 4.45. The summed E-state index contributed by atoms with van der Waals surface area (Å²) in [5.74, 6) is 1.11.